The molecule has 0 aromatic carbocycles. The first-order valence-electron chi connectivity index (χ1n) is 7.14. The van der Waals surface area contributed by atoms with Crippen LogP contribution in [0.2, 0.25) is 0 Å². The molecule has 0 radical (unpaired) electrons. The monoisotopic (exact) mass is 268 g/mol. The highest BCUT2D eigenvalue weighted by atomic mass is 35.5. The van der Waals surface area contributed by atoms with Crippen LogP contribution in [0.25, 0.3) is 0 Å². The van der Waals surface area contributed by atoms with E-state index >= 15 is 0 Å². The second-order valence-corrected chi connectivity index (χ2v) is 7.30. The lowest BCUT2D eigenvalue weighted by atomic mass is 9.83. The van der Waals surface area contributed by atoms with E-state index in [2.05, 4.69) is 37.7 Å². The second kappa shape index (κ2) is 5.64. The molecule has 2 rings (SSSR count). The van der Waals surface area contributed by atoms with Crippen LogP contribution in [0.15, 0.2) is 12.3 Å². The summed E-state index contributed by atoms with van der Waals surface area (Å²) in [6.07, 6.45) is 9.51. The van der Waals surface area contributed by atoms with Crippen molar-refractivity contribution >= 4 is 11.6 Å². The molecule has 1 aliphatic rings. The van der Waals surface area contributed by atoms with Crippen molar-refractivity contribution in [3.8, 4) is 0 Å². The summed E-state index contributed by atoms with van der Waals surface area (Å²) in [6.45, 7) is 6.63. The van der Waals surface area contributed by atoms with E-state index in [-0.39, 0.29) is 10.8 Å². The van der Waals surface area contributed by atoms with Crippen LogP contribution in [0.3, 0.4) is 0 Å². The quantitative estimate of drug-likeness (QED) is 0.715. The van der Waals surface area contributed by atoms with Crippen LogP contribution in [-0.2, 0) is 6.42 Å². The predicted molar refractivity (Wildman–Crippen MR) is 77.1 cm³/mol. The number of alkyl halides is 1. The summed E-state index contributed by atoms with van der Waals surface area (Å²) >= 11 is 6.11. The smallest absolute Gasteiger partial charge is 0.0630 e. The van der Waals surface area contributed by atoms with Crippen LogP contribution in [0.1, 0.15) is 64.6 Å². The normalized spacial score (nSPS) is 19.3. The summed E-state index contributed by atoms with van der Waals surface area (Å²) in [6, 6.07) is 2.83. The van der Waals surface area contributed by atoms with E-state index in [1.54, 1.807) is 0 Å². The van der Waals surface area contributed by atoms with Crippen molar-refractivity contribution in [1.29, 1.82) is 0 Å². The van der Waals surface area contributed by atoms with E-state index in [9.17, 15) is 0 Å². The van der Waals surface area contributed by atoms with Gasteiger partial charge in [0.05, 0.1) is 11.7 Å². The summed E-state index contributed by atoms with van der Waals surface area (Å²) in [5, 5.41) is 4.99. The molecule has 1 saturated carbocycles. The fourth-order valence-corrected chi connectivity index (χ4v) is 3.59. The fraction of sp³-hybridized carbons (Fsp3) is 0.800. The molecule has 1 aliphatic carbocycles. The molecule has 2 nitrogen and oxygen atoms in total. The molecule has 1 aromatic rings. The van der Waals surface area contributed by atoms with Gasteiger partial charge in [-0.05, 0) is 44.1 Å². The molecule has 1 fully saturated rings. The van der Waals surface area contributed by atoms with E-state index in [1.165, 1.54) is 31.4 Å². The average Bonchev–Trinajstić information content (AvgIpc) is 2.82. The summed E-state index contributed by atoms with van der Waals surface area (Å²) < 4.78 is 2.18. The van der Waals surface area contributed by atoms with Gasteiger partial charge in [-0.2, -0.15) is 5.10 Å². The van der Waals surface area contributed by atoms with Crippen LogP contribution < -0.4 is 0 Å². The molecule has 0 amide bonds. The maximum absolute atomic E-state index is 6.11. The number of nitrogens with zero attached hydrogens (tertiary/aromatic N) is 2. The maximum Gasteiger partial charge on any atom is 0.0630 e. The molecule has 3 heteroatoms. The Labute approximate surface area is 116 Å². The Morgan fingerprint density at radius 1 is 1.44 bits per heavy atom. The maximum atomic E-state index is 6.11. The molecule has 1 atom stereocenters. The van der Waals surface area contributed by atoms with Gasteiger partial charge < -0.3 is 0 Å². The molecule has 18 heavy (non-hydrogen) atoms. The predicted octanol–water partition coefficient (Wildman–Crippen LogP) is 4.58. The molecular weight excluding hydrogens is 244 g/mol. The van der Waals surface area contributed by atoms with Crippen LogP contribution in [-0.4, -0.2) is 15.2 Å². The summed E-state index contributed by atoms with van der Waals surface area (Å²) in [5.74, 6) is 0. The molecule has 0 spiro atoms. The zero-order chi connectivity index (χ0) is 13.2. The van der Waals surface area contributed by atoms with Crippen molar-refractivity contribution in [3.63, 3.8) is 0 Å². The van der Waals surface area contributed by atoms with Crippen molar-refractivity contribution in [1.82, 2.24) is 9.78 Å². The van der Waals surface area contributed by atoms with E-state index < -0.39 is 0 Å². The van der Waals surface area contributed by atoms with E-state index in [4.69, 9.17) is 16.7 Å². The third-order valence-electron chi connectivity index (χ3n) is 3.86. The summed E-state index contributed by atoms with van der Waals surface area (Å²) in [7, 11) is 0. The number of rotatable bonds is 5. The fourth-order valence-electron chi connectivity index (χ4n) is 3.17. The first kappa shape index (κ1) is 13.9. The zero-order valence-corrected chi connectivity index (χ0v) is 12.6. The Bertz CT molecular complexity index is 376. The van der Waals surface area contributed by atoms with E-state index in [1.807, 2.05) is 0 Å². The van der Waals surface area contributed by atoms with E-state index in [0.29, 0.717) is 6.04 Å². The highest BCUT2D eigenvalue weighted by Crippen LogP contribution is 2.31. The van der Waals surface area contributed by atoms with Gasteiger partial charge in [0.1, 0.15) is 0 Å². The molecule has 0 bridgehead atoms. The molecule has 0 N–H and O–H groups in total. The van der Waals surface area contributed by atoms with Gasteiger partial charge in [0.15, 0.2) is 0 Å². The lowest BCUT2D eigenvalue weighted by Crippen LogP contribution is -2.19. The molecule has 0 aliphatic heterocycles. The van der Waals surface area contributed by atoms with Crippen LogP contribution in [0.5, 0.6) is 0 Å². The number of aromatic nitrogens is 2. The standard InChI is InChI=1S/C15H25ClN2/c1-12(16)10-15(2,3)11-13-8-9-18(17-13)14-6-4-5-7-14/h8-9,12,14H,4-7,10-11H2,1-3H3. The Morgan fingerprint density at radius 3 is 2.72 bits per heavy atom. The lowest BCUT2D eigenvalue weighted by molar-refractivity contribution is 0.325. The second-order valence-electron chi connectivity index (χ2n) is 6.55. The average molecular weight is 269 g/mol. The number of halogens is 1. The topological polar surface area (TPSA) is 17.8 Å². The van der Waals surface area contributed by atoms with Gasteiger partial charge in [0.25, 0.3) is 0 Å². The molecule has 102 valence electrons. The van der Waals surface area contributed by atoms with Crippen molar-refractivity contribution in [2.75, 3.05) is 0 Å². The molecule has 1 heterocycles. The van der Waals surface area contributed by atoms with Crippen LogP contribution in [0.4, 0.5) is 0 Å². The van der Waals surface area contributed by atoms with Crippen LogP contribution in [0, 0.1) is 5.41 Å². The molecule has 1 aromatic heterocycles. The van der Waals surface area contributed by atoms with Gasteiger partial charge in [-0.25, -0.2) is 0 Å². The van der Waals surface area contributed by atoms with Crippen molar-refractivity contribution in [2.45, 2.75) is 70.7 Å². The number of hydrogen-bond acceptors (Lipinski definition) is 1. The molecular formula is C15H25ClN2. The third-order valence-corrected chi connectivity index (χ3v) is 4.01. The summed E-state index contributed by atoms with van der Waals surface area (Å²) in [4.78, 5) is 0. The molecule has 0 saturated heterocycles. The Hall–Kier alpha value is -0.500. The van der Waals surface area contributed by atoms with Crippen LogP contribution >= 0.6 is 11.6 Å². The highest BCUT2D eigenvalue weighted by Gasteiger charge is 2.23. The van der Waals surface area contributed by atoms with Crippen molar-refractivity contribution in [3.05, 3.63) is 18.0 Å². The largest absolute Gasteiger partial charge is 0.269 e. The Balaban J connectivity index is 1.97. The summed E-state index contributed by atoms with van der Waals surface area (Å²) in [5.41, 5.74) is 1.44. The number of hydrogen-bond donors (Lipinski definition) is 0. The van der Waals surface area contributed by atoms with Gasteiger partial charge >= 0.3 is 0 Å². The van der Waals surface area contributed by atoms with Crippen molar-refractivity contribution in [2.24, 2.45) is 5.41 Å². The van der Waals surface area contributed by atoms with Gasteiger partial charge in [-0.15, -0.1) is 11.6 Å². The minimum Gasteiger partial charge on any atom is -0.269 e. The lowest BCUT2D eigenvalue weighted by Gasteiger charge is -2.24. The SMILES string of the molecule is CC(Cl)CC(C)(C)Cc1ccn(C2CCCC2)n1. The van der Waals surface area contributed by atoms with Gasteiger partial charge in [0.2, 0.25) is 0 Å². The highest BCUT2D eigenvalue weighted by molar-refractivity contribution is 6.20. The van der Waals surface area contributed by atoms with Crippen molar-refractivity contribution < 1.29 is 0 Å². The van der Waals surface area contributed by atoms with E-state index in [0.717, 1.165) is 12.8 Å². The molecule has 1 unspecified atom stereocenters. The minimum absolute atomic E-state index is 0.232. The minimum atomic E-state index is 0.232. The third kappa shape index (κ3) is 3.74. The van der Waals surface area contributed by atoms with Gasteiger partial charge in [0, 0.05) is 11.6 Å². The first-order chi connectivity index (χ1) is 8.46. The first-order valence-corrected chi connectivity index (χ1v) is 7.58. The Morgan fingerprint density at radius 2 is 2.11 bits per heavy atom. The Kier molecular flexibility index (Phi) is 4.37. The van der Waals surface area contributed by atoms with Gasteiger partial charge in [-0.1, -0.05) is 26.7 Å². The van der Waals surface area contributed by atoms with Gasteiger partial charge in [-0.3, -0.25) is 4.68 Å². The zero-order valence-electron chi connectivity index (χ0n) is 11.8.